The predicted molar refractivity (Wildman–Crippen MR) is 40.5 cm³/mol. The highest BCUT2D eigenvalue weighted by molar-refractivity contribution is 5.76. The molecule has 1 saturated heterocycles. The number of carbonyl (C=O) groups excluding carboxylic acids is 1. The third kappa shape index (κ3) is 1.91. The molecule has 4 nitrogen and oxygen atoms in total. The van der Waals surface area contributed by atoms with Crippen LogP contribution in [0.15, 0.2) is 0 Å². The van der Waals surface area contributed by atoms with Crippen molar-refractivity contribution in [2.75, 3.05) is 13.1 Å². The molecule has 0 aromatic heterocycles. The molecule has 0 spiro atoms. The summed E-state index contributed by atoms with van der Waals surface area (Å²) in [6, 6.07) is 0. The van der Waals surface area contributed by atoms with Crippen LogP contribution in [0.2, 0.25) is 0 Å². The molecule has 1 heterocycles. The molecule has 2 N–H and O–H groups in total. The third-order valence-corrected chi connectivity index (χ3v) is 1.99. The average molecular weight is 158 g/mol. The Labute approximate surface area is 66.3 Å². The van der Waals surface area contributed by atoms with Gasteiger partial charge < -0.3 is 4.90 Å². The van der Waals surface area contributed by atoms with E-state index in [9.17, 15) is 4.79 Å². The Balaban J connectivity index is 2.35. The summed E-state index contributed by atoms with van der Waals surface area (Å²) in [6.45, 7) is 3.30. The van der Waals surface area contributed by atoms with Gasteiger partial charge in [-0.2, -0.15) is 0 Å². The maximum Gasteiger partial charge on any atom is 0.222 e. The van der Waals surface area contributed by atoms with Crippen molar-refractivity contribution in [3.8, 4) is 0 Å². The molecule has 1 unspecified atom stereocenters. The number of hydrogen-bond donors (Lipinski definition) is 1. The monoisotopic (exact) mass is 158 g/mol. The van der Waals surface area contributed by atoms with E-state index in [0.717, 1.165) is 13.0 Å². The Morgan fingerprint density at radius 2 is 2.55 bits per heavy atom. The molecular formula is C7H14N2O2. The van der Waals surface area contributed by atoms with Crippen molar-refractivity contribution in [2.45, 2.75) is 25.9 Å². The van der Waals surface area contributed by atoms with Crippen LogP contribution in [0.3, 0.4) is 0 Å². The number of amides is 1. The number of carbonyl (C=O) groups is 1. The summed E-state index contributed by atoms with van der Waals surface area (Å²) in [5.41, 5.74) is 0. The van der Waals surface area contributed by atoms with Gasteiger partial charge in [0.05, 0.1) is 6.10 Å². The van der Waals surface area contributed by atoms with Crippen LogP contribution in [0.4, 0.5) is 0 Å². The number of hydrogen-bond acceptors (Lipinski definition) is 3. The van der Waals surface area contributed by atoms with Crippen LogP contribution in [0.25, 0.3) is 0 Å². The van der Waals surface area contributed by atoms with E-state index in [1.54, 1.807) is 4.90 Å². The zero-order valence-electron chi connectivity index (χ0n) is 6.75. The van der Waals surface area contributed by atoms with E-state index >= 15 is 0 Å². The lowest BCUT2D eigenvalue weighted by molar-refractivity contribution is -0.130. The molecule has 0 aliphatic carbocycles. The Hall–Kier alpha value is -0.610. The van der Waals surface area contributed by atoms with Crippen LogP contribution in [0.5, 0.6) is 0 Å². The molecule has 0 saturated carbocycles. The lowest BCUT2D eigenvalue weighted by atomic mass is 10.3. The van der Waals surface area contributed by atoms with Crippen LogP contribution >= 0.6 is 0 Å². The van der Waals surface area contributed by atoms with Gasteiger partial charge in [0.2, 0.25) is 5.91 Å². The van der Waals surface area contributed by atoms with Gasteiger partial charge in [-0.05, 0) is 6.42 Å². The second kappa shape index (κ2) is 3.69. The first-order valence-corrected chi connectivity index (χ1v) is 3.91. The summed E-state index contributed by atoms with van der Waals surface area (Å²) in [6.07, 6.45) is 1.48. The SMILES string of the molecule is CCC(=O)N1CCC(ON)C1. The van der Waals surface area contributed by atoms with Gasteiger partial charge >= 0.3 is 0 Å². The highest BCUT2D eigenvalue weighted by atomic mass is 16.6. The molecule has 1 rings (SSSR count). The number of nitrogens with two attached hydrogens (primary N) is 1. The second-order valence-electron chi connectivity index (χ2n) is 2.74. The average Bonchev–Trinajstić information content (AvgIpc) is 2.50. The van der Waals surface area contributed by atoms with Crippen molar-refractivity contribution >= 4 is 5.91 Å². The molecule has 0 radical (unpaired) electrons. The highest BCUT2D eigenvalue weighted by Gasteiger charge is 2.24. The van der Waals surface area contributed by atoms with Crippen molar-refractivity contribution in [2.24, 2.45) is 5.90 Å². The minimum Gasteiger partial charge on any atom is -0.340 e. The summed E-state index contributed by atoms with van der Waals surface area (Å²) in [4.78, 5) is 17.5. The second-order valence-corrected chi connectivity index (χ2v) is 2.74. The quantitative estimate of drug-likeness (QED) is 0.570. The predicted octanol–water partition coefficient (Wildman–Crippen LogP) is -0.112. The van der Waals surface area contributed by atoms with Crippen LogP contribution in [0, 0.1) is 0 Å². The zero-order valence-corrected chi connectivity index (χ0v) is 6.75. The molecule has 0 aromatic rings. The summed E-state index contributed by atoms with van der Waals surface area (Å²) >= 11 is 0. The fraction of sp³-hybridized carbons (Fsp3) is 0.857. The van der Waals surface area contributed by atoms with E-state index in [-0.39, 0.29) is 12.0 Å². The Bertz CT molecular complexity index is 149. The van der Waals surface area contributed by atoms with Gasteiger partial charge in [-0.3, -0.25) is 9.63 Å². The minimum absolute atomic E-state index is 0.0468. The van der Waals surface area contributed by atoms with Gasteiger partial charge in [-0.1, -0.05) is 6.92 Å². The molecule has 64 valence electrons. The molecule has 0 bridgehead atoms. The van der Waals surface area contributed by atoms with Crippen LogP contribution in [-0.4, -0.2) is 30.0 Å². The maximum atomic E-state index is 11.1. The Kier molecular flexibility index (Phi) is 2.84. The van der Waals surface area contributed by atoms with E-state index in [2.05, 4.69) is 4.84 Å². The topological polar surface area (TPSA) is 55.6 Å². The van der Waals surface area contributed by atoms with Gasteiger partial charge in [0, 0.05) is 19.5 Å². The van der Waals surface area contributed by atoms with Crippen LogP contribution in [0.1, 0.15) is 19.8 Å². The highest BCUT2D eigenvalue weighted by Crippen LogP contribution is 2.11. The summed E-state index contributed by atoms with van der Waals surface area (Å²) in [7, 11) is 0. The molecule has 1 amide bonds. The molecule has 1 atom stereocenters. The van der Waals surface area contributed by atoms with Gasteiger partial charge in [0.25, 0.3) is 0 Å². The zero-order chi connectivity index (χ0) is 8.27. The molecule has 11 heavy (non-hydrogen) atoms. The van der Waals surface area contributed by atoms with Gasteiger partial charge in [0.1, 0.15) is 0 Å². The lowest BCUT2D eigenvalue weighted by Gasteiger charge is -2.14. The van der Waals surface area contributed by atoms with E-state index in [4.69, 9.17) is 5.90 Å². The number of nitrogens with zero attached hydrogens (tertiary/aromatic N) is 1. The van der Waals surface area contributed by atoms with Gasteiger partial charge in [-0.15, -0.1) is 0 Å². The number of rotatable bonds is 2. The minimum atomic E-state index is 0.0468. The fourth-order valence-corrected chi connectivity index (χ4v) is 1.29. The van der Waals surface area contributed by atoms with E-state index in [1.165, 1.54) is 0 Å². The largest absolute Gasteiger partial charge is 0.340 e. The smallest absolute Gasteiger partial charge is 0.222 e. The molecule has 1 aliphatic rings. The van der Waals surface area contributed by atoms with Gasteiger partial charge in [-0.25, -0.2) is 5.90 Å². The molecule has 1 fully saturated rings. The first-order chi connectivity index (χ1) is 5.27. The van der Waals surface area contributed by atoms with E-state index in [0.29, 0.717) is 13.0 Å². The van der Waals surface area contributed by atoms with Crippen LogP contribution in [-0.2, 0) is 9.63 Å². The number of likely N-dealkylation sites (tertiary alicyclic amines) is 1. The molecule has 0 aromatic carbocycles. The van der Waals surface area contributed by atoms with Crippen molar-refractivity contribution in [3.05, 3.63) is 0 Å². The summed E-state index contributed by atoms with van der Waals surface area (Å²) in [5.74, 6) is 5.18. The van der Waals surface area contributed by atoms with Crippen LogP contribution < -0.4 is 5.90 Å². The fourth-order valence-electron chi connectivity index (χ4n) is 1.29. The van der Waals surface area contributed by atoms with Crippen molar-refractivity contribution in [1.29, 1.82) is 0 Å². The Morgan fingerprint density at radius 3 is 3.00 bits per heavy atom. The molecule has 1 aliphatic heterocycles. The third-order valence-electron chi connectivity index (χ3n) is 1.99. The van der Waals surface area contributed by atoms with Gasteiger partial charge in [0.15, 0.2) is 0 Å². The first kappa shape index (κ1) is 8.49. The normalized spacial score (nSPS) is 24.2. The molecule has 4 heteroatoms. The first-order valence-electron chi connectivity index (χ1n) is 3.91. The summed E-state index contributed by atoms with van der Waals surface area (Å²) in [5, 5.41) is 0. The molecular weight excluding hydrogens is 144 g/mol. The summed E-state index contributed by atoms with van der Waals surface area (Å²) < 4.78 is 0. The van der Waals surface area contributed by atoms with Crippen molar-refractivity contribution < 1.29 is 9.63 Å². The van der Waals surface area contributed by atoms with E-state index in [1.807, 2.05) is 6.92 Å². The lowest BCUT2D eigenvalue weighted by Crippen LogP contribution is -2.30. The standard InChI is InChI=1S/C7H14N2O2/c1-2-7(10)9-4-3-6(5-9)11-8/h6H,2-5,8H2,1H3. The van der Waals surface area contributed by atoms with E-state index < -0.39 is 0 Å². The van der Waals surface area contributed by atoms with Crippen molar-refractivity contribution in [1.82, 2.24) is 4.90 Å². The van der Waals surface area contributed by atoms with Crippen molar-refractivity contribution in [3.63, 3.8) is 0 Å². The Morgan fingerprint density at radius 1 is 1.82 bits per heavy atom. The maximum absolute atomic E-state index is 11.1.